The molecule has 0 N–H and O–H groups in total. The summed E-state index contributed by atoms with van der Waals surface area (Å²) in [5, 5.41) is 0. The molecule has 0 aromatic carbocycles. The van der Waals surface area contributed by atoms with Gasteiger partial charge in [0, 0.05) is 19.3 Å². The molecular weight excluding hydrogens is 1010 g/mol. The normalized spacial score (nSPS) is 12.2. The Morgan fingerprint density at radius 1 is 0.232 bits per heavy atom. The quantitative estimate of drug-likeness (QED) is 0.0261. The predicted octanol–water partition coefficient (Wildman–Crippen LogP) is 25.5. The standard InChI is InChI=1S/C76H142O6/c1-4-7-10-13-16-19-22-25-28-30-32-34-36-38-40-42-44-46-48-51-54-57-60-63-66-69-75(78)81-72-73(71-80-74(77)68-65-62-59-56-53-50-27-24-21-18-15-12-9-6-3)82-76(79)70-67-64-61-58-55-52-49-47-45-43-41-39-37-35-33-31-29-26-23-20-17-14-11-8-5-2/h24,27,30-33,73H,4-23,25-26,28-29,34-72H2,1-3H3/b27-24-,32-30-,33-31-. The Bertz CT molecular complexity index is 1370. The van der Waals surface area contributed by atoms with E-state index in [-0.39, 0.29) is 31.1 Å². The molecule has 0 aromatic rings. The van der Waals surface area contributed by atoms with Gasteiger partial charge < -0.3 is 14.2 Å². The van der Waals surface area contributed by atoms with Gasteiger partial charge in [0.05, 0.1) is 0 Å². The summed E-state index contributed by atoms with van der Waals surface area (Å²) in [4.78, 5) is 38.5. The van der Waals surface area contributed by atoms with Gasteiger partial charge in [-0.2, -0.15) is 0 Å². The second-order valence-corrected chi connectivity index (χ2v) is 25.2. The molecule has 6 nitrogen and oxygen atoms in total. The van der Waals surface area contributed by atoms with Crippen molar-refractivity contribution >= 4 is 17.9 Å². The lowest BCUT2D eigenvalue weighted by molar-refractivity contribution is -0.167. The SMILES string of the molecule is CCCCCCC/C=C\CCCCCCCC(=O)OCC(COC(=O)CCCCCCCCCCCCCCC/C=C\CCCCCCCCCC)OC(=O)CCCCCCCCCCCCCCC/C=C\CCCCCCCCCC. The second kappa shape index (κ2) is 71.1. The first-order valence-electron chi connectivity index (χ1n) is 37.0. The van der Waals surface area contributed by atoms with Crippen LogP contribution in [-0.4, -0.2) is 37.2 Å². The third-order valence-electron chi connectivity index (χ3n) is 16.8. The summed E-state index contributed by atoms with van der Waals surface area (Å²) in [6.07, 6.45) is 89.0. The average molecular weight is 1150 g/mol. The highest BCUT2D eigenvalue weighted by atomic mass is 16.6. The van der Waals surface area contributed by atoms with Crippen molar-refractivity contribution in [2.45, 2.75) is 419 Å². The van der Waals surface area contributed by atoms with Crippen LogP contribution >= 0.6 is 0 Å². The van der Waals surface area contributed by atoms with Crippen molar-refractivity contribution in [2.24, 2.45) is 0 Å². The number of hydrogen-bond donors (Lipinski definition) is 0. The van der Waals surface area contributed by atoms with Crippen LogP contribution in [0.3, 0.4) is 0 Å². The van der Waals surface area contributed by atoms with E-state index in [9.17, 15) is 14.4 Å². The van der Waals surface area contributed by atoms with E-state index in [1.54, 1.807) is 0 Å². The molecule has 0 saturated heterocycles. The van der Waals surface area contributed by atoms with E-state index >= 15 is 0 Å². The Kier molecular flexibility index (Phi) is 69.1. The zero-order valence-electron chi connectivity index (χ0n) is 55.5. The van der Waals surface area contributed by atoms with Crippen molar-refractivity contribution in [3.05, 3.63) is 36.5 Å². The van der Waals surface area contributed by atoms with E-state index in [1.807, 2.05) is 0 Å². The smallest absolute Gasteiger partial charge is 0.306 e. The van der Waals surface area contributed by atoms with E-state index in [0.717, 1.165) is 64.2 Å². The van der Waals surface area contributed by atoms with Gasteiger partial charge in [0.25, 0.3) is 0 Å². The second-order valence-electron chi connectivity index (χ2n) is 25.2. The van der Waals surface area contributed by atoms with Crippen molar-refractivity contribution in [2.75, 3.05) is 13.2 Å². The molecule has 0 aliphatic rings. The maximum atomic E-state index is 13.0. The molecule has 0 aliphatic carbocycles. The highest BCUT2D eigenvalue weighted by Crippen LogP contribution is 2.18. The minimum absolute atomic E-state index is 0.0704. The number of allylic oxidation sites excluding steroid dienone is 6. The largest absolute Gasteiger partial charge is 0.462 e. The summed E-state index contributed by atoms with van der Waals surface area (Å²) in [6, 6.07) is 0. The Morgan fingerprint density at radius 2 is 0.402 bits per heavy atom. The summed E-state index contributed by atoms with van der Waals surface area (Å²) in [6.45, 7) is 6.70. The molecule has 6 heteroatoms. The van der Waals surface area contributed by atoms with Gasteiger partial charge in [0.1, 0.15) is 13.2 Å². The van der Waals surface area contributed by atoms with Crippen LogP contribution in [0.4, 0.5) is 0 Å². The number of unbranched alkanes of at least 4 members (excludes halogenated alkanes) is 52. The molecule has 0 fully saturated rings. The van der Waals surface area contributed by atoms with Crippen LogP contribution in [-0.2, 0) is 28.6 Å². The number of esters is 3. The van der Waals surface area contributed by atoms with E-state index in [1.165, 1.54) is 308 Å². The number of rotatable bonds is 69. The minimum atomic E-state index is -0.775. The lowest BCUT2D eigenvalue weighted by Crippen LogP contribution is -2.30. The van der Waals surface area contributed by atoms with Crippen molar-refractivity contribution in [3.8, 4) is 0 Å². The Labute approximate surface area is 512 Å². The van der Waals surface area contributed by atoms with E-state index in [0.29, 0.717) is 19.3 Å². The van der Waals surface area contributed by atoms with Crippen LogP contribution in [0.1, 0.15) is 412 Å². The molecule has 0 bridgehead atoms. The molecule has 1 atom stereocenters. The number of hydrogen-bond acceptors (Lipinski definition) is 6. The molecular formula is C76H142O6. The maximum Gasteiger partial charge on any atom is 0.306 e. The highest BCUT2D eigenvalue weighted by molar-refractivity contribution is 5.71. The summed E-state index contributed by atoms with van der Waals surface area (Å²) in [5.74, 6) is -0.850. The summed E-state index contributed by atoms with van der Waals surface area (Å²) < 4.78 is 17.0. The van der Waals surface area contributed by atoms with Crippen molar-refractivity contribution in [3.63, 3.8) is 0 Å². The number of ether oxygens (including phenoxy) is 3. The molecule has 0 saturated carbocycles. The highest BCUT2D eigenvalue weighted by Gasteiger charge is 2.19. The van der Waals surface area contributed by atoms with E-state index < -0.39 is 6.10 Å². The lowest BCUT2D eigenvalue weighted by atomic mass is 10.0. The van der Waals surface area contributed by atoms with Gasteiger partial charge in [0.15, 0.2) is 6.10 Å². The van der Waals surface area contributed by atoms with Gasteiger partial charge in [0.2, 0.25) is 0 Å². The van der Waals surface area contributed by atoms with Crippen LogP contribution in [0.25, 0.3) is 0 Å². The van der Waals surface area contributed by atoms with Gasteiger partial charge in [-0.25, -0.2) is 0 Å². The molecule has 482 valence electrons. The van der Waals surface area contributed by atoms with Gasteiger partial charge in [-0.1, -0.05) is 333 Å². The fourth-order valence-electron chi connectivity index (χ4n) is 11.3. The Balaban J connectivity index is 4.24. The predicted molar refractivity (Wildman–Crippen MR) is 358 cm³/mol. The zero-order chi connectivity index (χ0) is 59.2. The first-order chi connectivity index (χ1) is 40.5. The fourth-order valence-corrected chi connectivity index (χ4v) is 11.3. The molecule has 1 unspecified atom stereocenters. The van der Waals surface area contributed by atoms with Crippen LogP contribution in [0.2, 0.25) is 0 Å². The summed E-state index contributed by atoms with van der Waals surface area (Å²) in [5.41, 5.74) is 0. The fraction of sp³-hybridized carbons (Fsp3) is 0.882. The first kappa shape index (κ1) is 79.6. The van der Waals surface area contributed by atoms with Gasteiger partial charge >= 0.3 is 17.9 Å². The molecule has 82 heavy (non-hydrogen) atoms. The van der Waals surface area contributed by atoms with Crippen molar-refractivity contribution in [1.29, 1.82) is 0 Å². The first-order valence-corrected chi connectivity index (χ1v) is 37.0. The van der Waals surface area contributed by atoms with Crippen LogP contribution in [0.5, 0.6) is 0 Å². The van der Waals surface area contributed by atoms with E-state index in [4.69, 9.17) is 14.2 Å². The summed E-state index contributed by atoms with van der Waals surface area (Å²) >= 11 is 0. The van der Waals surface area contributed by atoms with Gasteiger partial charge in [-0.05, 0) is 96.3 Å². The molecule has 0 spiro atoms. The zero-order valence-corrected chi connectivity index (χ0v) is 55.5. The molecule has 0 amide bonds. The third kappa shape index (κ3) is 68.4. The topological polar surface area (TPSA) is 78.9 Å². The Morgan fingerprint density at radius 3 is 0.610 bits per heavy atom. The maximum absolute atomic E-state index is 13.0. The molecule has 0 heterocycles. The molecule has 0 radical (unpaired) electrons. The molecule has 0 aromatic heterocycles. The molecule has 0 rings (SSSR count). The van der Waals surface area contributed by atoms with Crippen LogP contribution in [0.15, 0.2) is 36.5 Å². The molecule has 0 aliphatic heterocycles. The van der Waals surface area contributed by atoms with Crippen molar-refractivity contribution < 1.29 is 28.6 Å². The van der Waals surface area contributed by atoms with Gasteiger partial charge in [-0.3, -0.25) is 14.4 Å². The average Bonchev–Trinajstić information content (AvgIpc) is 3.48. The number of carbonyl (C=O) groups excluding carboxylic acids is 3. The van der Waals surface area contributed by atoms with Crippen molar-refractivity contribution in [1.82, 2.24) is 0 Å². The van der Waals surface area contributed by atoms with Gasteiger partial charge in [-0.15, -0.1) is 0 Å². The van der Waals surface area contributed by atoms with Crippen LogP contribution in [0, 0.1) is 0 Å². The lowest BCUT2D eigenvalue weighted by Gasteiger charge is -2.18. The van der Waals surface area contributed by atoms with E-state index in [2.05, 4.69) is 57.2 Å². The minimum Gasteiger partial charge on any atom is -0.462 e. The number of carbonyl (C=O) groups is 3. The Hall–Kier alpha value is -2.37. The van der Waals surface area contributed by atoms with Crippen LogP contribution < -0.4 is 0 Å². The third-order valence-corrected chi connectivity index (χ3v) is 16.8. The summed E-state index contributed by atoms with van der Waals surface area (Å²) in [7, 11) is 0. The monoisotopic (exact) mass is 1150 g/mol.